The molecule has 1 saturated heterocycles. The number of hydrogen-bond acceptors (Lipinski definition) is 2. The molecule has 0 aromatic heterocycles. The average molecular weight is 148 g/mol. The van der Waals surface area contributed by atoms with E-state index in [0.717, 1.165) is 13.1 Å². The van der Waals surface area contributed by atoms with Crippen molar-refractivity contribution in [1.29, 1.82) is 0 Å². The van der Waals surface area contributed by atoms with Crippen molar-refractivity contribution in [2.75, 3.05) is 37.1 Å². The van der Waals surface area contributed by atoms with Gasteiger partial charge in [0.25, 0.3) is 0 Å². The second-order valence-electron chi connectivity index (χ2n) is 3.21. The maximum absolute atomic E-state index is 5.60. The van der Waals surface area contributed by atoms with Crippen LogP contribution < -0.4 is 5.84 Å². The van der Waals surface area contributed by atoms with Gasteiger partial charge in [-0.05, 0) is 24.0 Å². The average Bonchev–Trinajstić information content (AvgIpc) is 1.78. The Hall–Kier alpha value is 0.270. The molecule has 0 atom stereocenters. The molecule has 0 saturated carbocycles. The zero-order valence-corrected chi connectivity index (χ0v) is 7.08. The Bertz CT molecular complexity index is 93.2. The number of nitrogens with two attached hydrogens (primary N) is 1. The minimum Gasteiger partial charge on any atom is -0.269 e. The van der Waals surface area contributed by atoms with Gasteiger partial charge in [0, 0.05) is 13.1 Å². The Morgan fingerprint density at radius 2 is 1.67 bits per heavy atom. The maximum Gasteiger partial charge on any atom is 0.0205 e. The van der Waals surface area contributed by atoms with Gasteiger partial charge < -0.3 is 0 Å². The molecule has 1 rings (SSSR count). The SMILES string of the molecule is CS1(C)CCN(N)CC1. The molecular weight excluding hydrogens is 132 g/mol. The van der Waals surface area contributed by atoms with Crippen molar-refractivity contribution in [3.63, 3.8) is 0 Å². The summed E-state index contributed by atoms with van der Waals surface area (Å²) in [6, 6.07) is 0. The lowest BCUT2D eigenvalue weighted by atomic mass is 10.6. The standard InChI is InChI=1S/C6H16N2S/c1-9(2)5-3-8(7)4-6-9/h3-7H2,1-2H3. The lowest BCUT2D eigenvalue weighted by Gasteiger charge is -2.38. The predicted molar refractivity (Wildman–Crippen MR) is 44.9 cm³/mol. The summed E-state index contributed by atoms with van der Waals surface area (Å²) in [5.41, 5.74) is 0. The van der Waals surface area contributed by atoms with E-state index in [1.165, 1.54) is 11.5 Å². The largest absolute Gasteiger partial charge is 0.269 e. The molecule has 56 valence electrons. The minimum atomic E-state index is -0.237. The fourth-order valence-electron chi connectivity index (χ4n) is 0.943. The van der Waals surface area contributed by atoms with Crippen LogP contribution in [0.15, 0.2) is 0 Å². The Balaban J connectivity index is 2.35. The third-order valence-electron chi connectivity index (χ3n) is 1.86. The van der Waals surface area contributed by atoms with Gasteiger partial charge in [0.15, 0.2) is 0 Å². The van der Waals surface area contributed by atoms with E-state index in [1.54, 1.807) is 0 Å². The first kappa shape index (κ1) is 7.38. The van der Waals surface area contributed by atoms with Crippen molar-refractivity contribution >= 4 is 10.0 Å². The second kappa shape index (κ2) is 2.48. The van der Waals surface area contributed by atoms with Crippen LogP contribution in [0, 0.1) is 0 Å². The molecule has 0 aromatic carbocycles. The molecule has 1 aliphatic rings. The summed E-state index contributed by atoms with van der Waals surface area (Å²) in [6.07, 6.45) is 4.78. The quantitative estimate of drug-likeness (QED) is 0.499. The lowest BCUT2D eigenvalue weighted by molar-refractivity contribution is 0.313. The number of nitrogens with zero attached hydrogens (tertiary/aromatic N) is 1. The van der Waals surface area contributed by atoms with E-state index >= 15 is 0 Å². The molecule has 0 aliphatic carbocycles. The zero-order valence-electron chi connectivity index (χ0n) is 6.26. The van der Waals surface area contributed by atoms with E-state index in [9.17, 15) is 0 Å². The summed E-state index contributed by atoms with van der Waals surface area (Å²) in [5.74, 6) is 8.25. The zero-order chi connectivity index (χ0) is 6.91. The van der Waals surface area contributed by atoms with Crippen LogP contribution in [0.3, 0.4) is 0 Å². The third kappa shape index (κ3) is 2.16. The first-order valence-electron chi connectivity index (χ1n) is 3.28. The van der Waals surface area contributed by atoms with Crippen molar-refractivity contribution in [2.45, 2.75) is 0 Å². The van der Waals surface area contributed by atoms with Crippen molar-refractivity contribution in [3.05, 3.63) is 0 Å². The predicted octanol–water partition coefficient (Wildman–Crippen LogP) is 0.240. The van der Waals surface area contributed by atoms with Gasteiger partial charge >= 0.3 is 0 Å². The van der Waals surface area contributed by atoms with Crippen LogP contribution >= 0.6 is 10.0 Å². The monoisotopic (exact) mass is 148 g/mol. The van der Waals surface area contributed by atoms with E-state index in [4.69, 9.17) is 5.84 Å². The van der Waals surface area contributed by atoms with Crippen molar-refractivity contribution in [1.82, 2.24) is 5.01 Å². The molecule has 0 radical (unpaired) electrons. The van der Waals surface area contributed by atoms with E-state index < -0.39 is 0 Å². The molecule has 0 aromatic rings. The third-order valence-corrected chi connectivity index (χ3v) is 4.44. The normalized spacial score (nSPS) is 31.9. The summed E-state index contributed by atoms with van der Waals surface area (Å²) in [6.45, 7) is 2.20. The fourth-order valence-corrected chi connectivity index (χ4v) is 2.60. The van der Waals surface area contributed by atoms with Crippen LogP contribution in [0.25, 0.3) is 0 Å². The summed E-state index contributed by atoms with van der Waals surface area (Å²) >= 11 is 0. The highest BCUT2D eigenvalue weighted by atomic mass is 32.3. The maximum atomic E-state index is 5.60. The van der Waals surface area contributed by atoms with Gasteiger partial charge in [-0.3, -0.25) is 5.84 Å². The second-order valence-corrected chi connectivity index (χ2v) is 7.56. The molecule has 0 unspecified atom stereocenters. The molecule has 2 nitrogen and oxygen atoms in total. The van der Waals surface area contributed by atoms with E-state index in [2.05, 4.69) is 12.5 Å². The van der Waals surface area contributed by atoms with Crippen molar-refractivity contribution in [2.24, 2.45) is 5.84 Å². The van der Waals surface area contributed by atoms with Crippen LogP contribution in [0.4, 0.5) is 0 Å². The van der Waals surface area contributed by atoms with Gasteiger partial charge in [-0.2, -0.15) is 0 Å². The molecule has 2 N–H and O–H groups in total. The minimum absolute atomic E-state index is 0.237. The van der Waals surface area contributed by atoms with Gasteiger partial charge in [-0.1, -0.05) is 0 Å². The fraction of sp³-hybridized carbons (Fsp3) is 1.00. The van der Waals surface area contributed by atoms with Crippen LogP contribution in [0.5, 0.6) is 0 Å². The lowest BCUT2D eigenvalue weighted by Crippen LogP contribution is -2.42. The van der Waals surface area contributed by atoms with Crippen molar-refractivity contribution in [3.8, 4) is 0 Å². The van der Waals surface area contributed by atoms with Crippen LogP contribution in [0.1, 0.15) is 0 Å². The molecule has 1 heterocycles. The Morgan fingerprint density at radius 3 is 2.00 bits per heavy atom. The smallest absolute Gasteiger partial charge is 0.0205 e. The van der Waals surface area contributed by atoms with Crippen molar-refractivity contribution < 1.29 is 0 Å². The topological polar surface area (TPSA) is 29.3 Å². The van der Waals surface area contributed by atoms with E-state index in [0.29, 0.717) is 0 Å². The first-order chi connectivity index (χ1) is 4.10. The highest BCUT2D eigenvalue weighted by molar-refractivity contribution is 8.32. The van der Waals surface area contributed by atoms with E-state index in [-0.39, 0.29) is 10.0 Å². The Morgan fingerprint density at radius 1 is 1.22 bits per heavy atom. The molecule has 1 aliphatic heterocycles. The number of hydrogen-bond donors (Lipinski definition) is 1. The summed E-state index contributed by atoms with van der Waals surface area (Å²) in [4.78, 5) is 0. The molecule has 3 heteroatoms. The highest BCUT2D eigenvalue weighted by Crippen LogP contribution is 2.40. The Kier molecular flexibility index (Phi) is 2.03. The molecule has 9 heavy (non-hydrogen) atoms. The molecule has 0 amide bonds. The molecule has 1 fully saturated rings. The van der Waals surface area contributed by atoms with Gasteiger partial charge in [0.05, 0.1) is 0 Å². The van der Waals surface area contributed by atoms with E-state index in [1.807, 2.05) is 5.01 Å². The highest BCUT2D eigenvalue weighted by Gasteiger charge is 2.18. The Labute approximate surface area is 58.7 Å². The van der Waals surface area contributed by atoms with Gasteiger partial charge in [-0.25, -0.2) is 15.0 Å². The summed E-state index contributed by atoms with van der Waals surface area (Å²) in [7, 11) is -0.237. The van der Waals surface area contributed by atoms with Gasteiger partial charge in [0.1, 0.15) is 0 Å². The molecule has 0 spiro atoms. The van der Waals surface area contributed by atoms with Gasteiger partial charge in [-0.15, -0.1) is 0 Å². The summed E-state index contributed by atoms with van der Waals surface area (Å²) < 4.78 is 0. The first-order valence-corrected chi connectivity index (χ1v) is 6.07. The van der Waals surface area contributed by atoms with Crippen LogP contribution in [-0.2, 0) is 0 Å². The van der Waals surface area contributed by atoms with Crippen LogP contribution in [-0.4, -0.2) is 42.1 Å². The van der Waals surface area contributed by atoms with Crippen LogP contribution in [0.2, 0.25) is 0 Å². The summed E-state index contributed by atoms with van der Waals surface area (Å²) in [5, 5.41) is 1.93. The number of hydrazine groups is 1. The molecule has 0 bridgehead atoms. The number of rotatable bonds is 0. The van der Waals surface area contributed by atoms with Gasteiger partial charge in [0.2, 0.25) is 0 Å². The molecular formula is C6H16N2S.